The highest BCUT2D eigenvalue weighted by Gasteiger charge is 2.47. The van der Waals surface area contributed by atoms with Crippen molar-refractivity contribution >= 4 is 6.02 Å². The van der Waals surface area contributed by atoms with Crippen LogP contribution in [0.5, 0.6) is 17.2 Å². The Morgan fingerprint density at radius 1 is 1.09 bits per heavy atom. The third-order valence-electron chi connectivity index (χ3n) is 5.51. The van der Waals surface area contributed by atoms with Crippen molar-refractivity contribution in [1.29, 1.82) is 0 Å². The molecule has 2 aromatic carbocycles. The van der Waals surface area contributed by atoms with Gasteiger partial charge in [0.05, 0.1) is 6.61 Å². The summed E-state index contributed by atoms with van der Waals surface area (Å²) >= 11 is 0. The quantitative estimate of drug-likeness (QED) is 0.628. The molecule has 3 heterocycles. The molecule has 164 valence electrons. The van der Waals surface area contributed by atoms with E-state index in [4.69, 9.17) is 19.9 Å². The largest absolute Gasteiger partial charge is 0.490 e. The summed E-state index contributed by atoms with van der Waals surface area (Å²) in [7, 11) is 0. The molecule has 3 aromatic rings. The van der Waals surface area contributed by atoms with Crippen LogP contribution in [0.3, 0.4) is 0 Å². The second-order valence-corrected chi connectivity index (χ2v) is 9.28. The lowest BCUT2D eigenvalue weighted by molar-refractivity contribution is 0.190. The minimum Gasteiger partial charge on any atom is -0.490 e. The Bertz CT molecular complexity index is 1220. The molecule has 6 nitrogen and oxygen atoms in total. The Morgan fingerprint density at radius 2 is 1.91 bits per heavy atom. The van der Waals surface area contributed by atoms with Gasteiger partial charge in [-0.05, 0) is 35.2 Å². The minimum atomic E-state index is -0.960. The zero-order valence-electron chi connectivity index (χ0n) is 18.2. The van der Waals surface area contributed by atoms with Crippen LogP contribution in [0.15, 0.2) is 59.9 Å². The summed E-state index contributed by atoms with van der Waals surface area (Å²) in [6.45, 7) is 6.63. The van der Waals surface area contributed by atoms with Crippen LogP contribution in [0.4, 0.5) is 4.39 Å². The molecule has 2 aliphatic heterocycles. The van der Waals surface area contributed by atoms with E-state index >= 15 is 0 Å². The van der Waals surface area contributed by atoms with Crippen LogP contribution in [-0.2, 0) is 10.3 Å². The maximum atomic E-state index is 14.9. The zero-order chi connectivity index (χ0) is 22.5. The Morgan fingerprint density at radius 3 is 2.59 bits per heavy atom. The number of amidine groups is 1. The van der Waals surface area contributed by atoms with Gasteiger partial charge < -0.3 is 19.9 Å². The lowest BCUT2D eigenvalue weighted by Crippen LogP contribution is -2.31. The Labute approximate surface area is 185 Å². The number of nitrogens with two attached hydrogens (primary N) is 1. The average molecular weight is 433 g/mol. The molecule has 1 atom stereocenters. The predicted octanol–water partition coefficient (Wildman–Crippen LogP) is 5.01. The van der Waals surface area contributed by atoms with Gasteiger partial charge in [-0.15, -0.1) is 0 Å². The molecule has 0 amide bonds. The van der Waals surface area contributed by atoms with Crippen molar-refractivity contribution in [3.05, 3.63) is 71.8 Å². The molecular weight excluding hydrogens is 409 g/mol. The second kappa shape index (κ2) is 7.22. The number of hydrogen-bond acceptors (Lipinski definition) is 6. The highest BCUT2D eigenvalue weighted by molar-refractivity contribution is 5.78. The maximum absolute atomic E-state index is 14.9. The van der Waals surface area contributed by atoms with Crippen molar-refractivity contribution in [2.24, 2.45) is 16.1 Å². The fourth-order valence-electron chi connectivity index (χ4n) is 3.97. The predicted molar refractivity (Wildman–Crippen MR) is 119 cm³/mol. The van der Waals surface area contributed by atoms with Crippen molar-refractivity contribution in [2.75, 3.05) is 13.2 Å². The van der Waals surface area contributed by atoms with Crippen LogP contribution in [0.2, 0.25) is 0 Å². The summed E-state index contributed by atoms with van der Waals surface area (Å²) < 4.78 is 32.4. The first-order valence-electron chi connectivity index (χ1n) is 10.4. The van der Waals surface area contributed by atoms with Crippen molar-refractivity contribution in [3.63, 3.8) is 0 Å². The van der Waals surface area contributed by atoms with E-state index in [0.29, 0.717) is 23.7 Å². The number of aromatic nitrogens is 1. The first-order valence-corrected chi connectivity index (χ1v) is 10.4. The molecule has 0 saturated heterocycles. The van der Waals surface area contributed by atoms with E-state index in [1.54, 1.807) is 18.5 Å². The minimum absolute atomic E-state index is 0.0806. The first-order chi connectivity index (χ1) is 15.2. The Balaban J connectivity index is 1.66. The van der Waals surface area contributed by atoms with E-state index in [-0.39, 0.29) is 23.8 Å². The van der Waals surface area contributed by atoms with Crippen LogP contribution in [-0.4, -0.2) is 24.2 Å². The number of nitrogens with zero attached hydrogens (tertiary/aromatic N) is 2. The Kier molecular flexibility index (Phi) is 4.58. The van der Waals surface area contributed by atoms with Crippen molar-refractivity contribution in [3.8, 4) is 28.4 Å². The standard InChI is InChI=1S/C25H24FN3O3/c1-24(2,3)13-30-22-10-18-21(11-19(22)26)32-20-7-6-15(16-5-4-8-28-12-16)9-17(20)25(18)14-31-23(27)29-25/h4-12H,13-14H2,1-3H3,(H2,27,29)/t25-/m0/s1. The SMILES string of the molecule is CC(C)(C)COc1cc2c(cc1F)Oc1ccc(-c3cccnc3)cc1[C@@]21COC(N)=N1. The smallest absolute Gasteiger partial charge is 0.283 e. The molecule has 1 spiro atoms. The summed E-state index contributed by atoms with van der Waals surface area (Å²) in [4.78, 5) is 8.89. The molecular formula is C25H24FN3O3. The highest BCUT2D eigenvalue weighted by atomic mass is 19.1. The number of halogens is 1. The number of pyridine rings is 1. The van der Waals surface area contributed by atoms with E-state index in [0.717, 1.165) is 16.7 Å². The van der Waals surface area contributed by atoms with Gasteiger partial charge in [0.1, 0.15) is 18.1 Å². The highest BCUT2D eigenvalue weighted by Crippen LogP contribution is 2.52. The fraction of sp³-hybridized carbons (Fsp3) is 0.280. The molecule has 32 heavy (non-hydrogen) atoms. The molecule has 2 N–H and O–H groups in total. The van der Waals surface area contributed by atoms with Gasteiger partial charge in [0.2, 0.25) is 0 Å². The fourth-order valence-corrected chi connectivity index (χ4v) is 3.97. The third kappa shape index (κ3) is 3.43. The van der Waals surface area contributed by atoms with Gasteiger partial charge in [0.15, 0.2) is 17.1 Å². The van der Waals surface area contributed by atoms with E-state index in [1.165, 1.54) is 6.07 Å². The molecule has 0 fully saturated rings. The molecule has 0 saturated carbocycles. The van der Waals surface area contributed by atoms with Crippen molar-refractivity contribution in [1.82, 2.24) is 4.98 Å². The van der Waals surface area contributed by atoms with Gasteiger partial charge >= 0.3 is 0 Å². The monoisotopic (exact) mass is 433 g/mol. The molecule has 5 rings (SSSR count). The molecule has 7 heteroatoms. The average Bonchev–Trinajstić information content (AvgIpc) is 3.15. The topological polar surface area (TPSA) is 79.0 Å². The van der Waals surface area contributed by atoms with Crippen LogP contribution >= 0.6 is 0 Å². The van der Waals surface area contributed by atoms with E-state index in [9.17, 15) is 4.39 Å². The van der Waals surface area contributed by atoms with Gasteiger partial charge in [-0.1, -0.05) is 32.9 Å². The zero-order valence-corrected chi connectivity index (χ0v) is 18.2. The molecule has 0 radical (unpaired) electrons. The van der Waals surface area contributed by atoms with Gasteiger partial charge in [-0.2, -0.15) is 0 Å². The summed E-state index contributed by atoms with van der Waals surface area (Å²) in [6.07, 6.45) is 3.52. The van der Waals surface area contributed by atoms with E-state index < -0.39 is 11.4 Å². The molecule has 0 aliphatic carbocycles. The molecule has 0 unspecified atom stereocenters. The molecule has 2 aliphatic rings. The number of benzene rings is 2. The number of fused-ring (bicyclic) bond motifs is 4. The van der Waals surface area contributed by atoms with Gasteiger partial charge in [-0.3, -0.25) is 4.98 Å². The summed E-state index contributed by atoms with van der Waals surface area (Å²) in [5.41, 5.74) is 8.23. The van der Waals surface area contributed by atoms with Crippen molar-refractivity contribution < 1.29 is 18.6 Å². The van der Waals surface area contributed by atoms with Crippen LogP contribution in [0.25, 0.3) is 11.1 Å². The summed E-state index contributed by atoms with van der Waals surface area (Å²) in [5.74, 6) is 0.605. The van der Waals surface area contributed by atoms with Gasteiger partial charge in [-0.25, -0.2) is 9.38 Å². The van der Waals surface area contributed by atoms with Gasteiger partial charge in [0.25, 0.3) is 6.02 Å². The first kappa shape index (κ1) is 20.3. The van der Waals surface area contributed by atoms with Crippen LogP contribution in [0.1, 0.15) is 31.9 Å². The second-order valence-electron chi connectivity index (χ2n) is 9.28. The van der Waals surface area contributed by atoms with Crippen LogP contribution < -0.4 is 15.2 Å². The number of aliphatic imine (C=N–C) groups is 1. The maximum Gasteiger partial charge on any atom is 0.283 e. The Hall–Kier alpha value is -3.61. The lowest BCUT2D eigenvalue weighted by Gasteiger charge is -2.34. The van der Waals surface area contributed by atoms with Crippen molar-refractivity contribution in [2.45, 2.75) is 26.3 Å². The number of rotatable bonds is 3. The number of hydrogen-bond donors (Lipinski definition) is 1. The normalized spacial score (nSPS) is 18.9. The third-order valence-corrected chi connectivity index (χ3v) is 5.51. The number of ether oxygens (including phenoxy) is 3. The van der Waals surface area contributed by atoms with E-state index in [2.05, 4.69) is 9.98 Å². The van der Waals surface area contributed by atoms with Gasteiger partial charge in [0, 0.05) is 35.2 Å². The summed E-state index contributed by atoms with van der Waals surface area (Å²) in [6, 6.07) is 12.7. The van der Waals surface area contributed by atoms with Crippen LogP contribution in [0, 0.1) is 11.2 Å². The lowest BCUT2D eigenvalue weighted by atomic mass is 9.80. The van der Waals surface area contributed by atoms with E-state index in [1.807, 2.05) is 51.1 Å². The molecule has 0 bridgehead atoms. The molecule has 1 aromatic heterocycles. The summed E-state index contributed by atoms with van der Waals surface area (Å²) in [5, 5.41) is 0.